The molecular weight excluding hydrogens is 424 g/mol. The van der Waals surface area contributed by atoms with Crippen molar-refractivity contribution in [2.75, 3.05) is 6.26 Å². The Labute approximate surface area is 191 Å². The van der Waals surface area contributed by atoms with Crippen molar-refractivity contribution in [1.82, 2.24) is 24.0 Å². The summed E-state index contributed by atoms with van der Waals surface area (Å²) in [6, 6.07) is 2.76. The molecule has 2 aliphatic carbocycles. The highest BCUT2D eigenvalue weighted by molar-refractivity contribution is 8.13. The molecule has 8 nitrogen and oxygen atoms in total. The minimum atomic E-state index is 0.0569. The summed E-state index contributed by atoms with van der Waals surface area (Å²) in [5, 5.41) is 1.61. The predicted molar refractivity (Wildman–Crippen MR) is 128 cm³/mol. The number of carbonyl (C=O) groups excluding carboxylic acids is 2. The largest absolute Gasteiger partial charge is 0.333 e. The van der Waals surface area contributed by atoms with Gasteiger partial charge in [0.2, 0.25) is 0 Å². The Morgan fingerprint density at radius 1 is 1.25 bits per heavy atom. The van der Waals surface area contributed by atoms with Crippen LogP contribution in [-0.2, 0) is 18.4 Å². The fourth-order valence-corrected chi connectivity index (χ4v) is 4.95. The van der Waals surface area contributed by atoms with Crippen LogP contribution < -0.4 is 0 Å². The average molecular weight is 453 g/mol. The van der Waals surface area contributed by atoms with Gasteiger partial charge in [0.1, 0.15) is 22.6 Å². The van der Waals surface area contributed by atoms with Gasteiger partial charge in [-0.15, -0.1) is 11.8 Å². The lowest BCUT2D eigenvalue weighted by Crippen LogP contribution is -2.36. The van der Waals surface area contributed by atoms with E-state index in [2.05, 4.69) is 9.88 Å². The Balaban J connectivity index is 1.70. The molecule has 3 aromatic heterocycles. The smallest absolute Gasteiger partial charge is 0.271 e. The number of imidazole rings is 1. The van der Waals surface area contributed by atoms with E-state index in [4.69, 9.17) is 9.98 Å². The maximum absolute atomic E-state index is 13.6. The topological polar surface area (TPSA) is 85.4 Å². The van der Waals surface area contributed by atoms with Gasteiger partial charge in [0.05, 0.1) is 23.3 Å². The van der Waals surface area contributed by atoms with E-state index in [1.54, 1.807) is 13.3 Å². The van der Waals surface area contributed by atoms with Crippen LogP contribution in [0.15, 0.2) is 17.4 Å². The average Bonchev–Trinajstić information content (AvgIpc) is 3.69. The lowest BCUT2D eigenvalue weighted by molar-refractivity contribution is -0.115. The normalized spacial score (nSPS) is 16.8. The van der Waals surface area contributed by atoms with Crippen LogP contribution >= 0.6 is 11.8 Å². The third kappa shape index (κ3) is 3.62. The van der Waals surface area contributed by atoms with Gasteiger partial charge in [0.15, 0.2) is 5.82 Å². The molecule has 0 saturated heterocycles. The SMILES string of the molecule is CCn1c(C(=O)N(C2CC2)C2CC2)cc2c3c(ncn3C)c(N=C(CC(C)=O)SC)nc21. The van der Waals surface area contributed by atoms with E-state index in [0.29, 0.717) is 40.7 Å². The second-order valence-corrected chi connectivity index (χ2v) is 9.64. The Morgan fingerprint density at radius 3 is 2.50 bits per heavy atom. The number of aliphatic imine (C=N–C) groups is 1. The first kappa shape index (κ1) is 21.2. The van der Waals surface area contributed by atoms with Crippen LogP contribution in [0.1, 0.15) is 56.4 Å². The van der Waals surface area contributed by atoms with Crippen molar-refractivity contribution in [3.05, 3.63) is 18.1 Å². The molecule has 0 aliphatic heterocycles. The number of aromatic nitrogens is 4. The van der Waals surface area contributed by atoms with Crippen molar-refractivity contribution in [2.45, 2.75) is 64.6 Å². The minimum absolute atomic E-state index is 0.0569. The molecule has 1 amide bonds. The van der Waals surface area contributed by atoms with E-state index in [-0.39, 0.29) is 18.1 Å². The zero-order valence-electron chi connectivity index (χ0n) is 19.0. The van der Waals surface area contributed by atoms with Crippen molar-refractivity contribution in [1.29, 1.82) is 0 Å². The zero-order chi connectivity index (χ0) is 22.6. The van der Waals surface area contributed by atoms with Gasteiger partial charge in [-0.25, -0.2) is 15.0 Å². The molecule has 3 aromatic rings. The summed E-state index contributed by atoms with van der Waals surface area (Å²) in [6.45, 7) is 4.23. The number of carbonyl (C=O) groups is 2. The van der Waals surface area contributed by atoms with Crippen LogP contribution in [0.4, 0.5) is 5.82 Å². The molecule has 168 valence electrons. The molecular formula is C23H28N6O2S. The minimum Gasteiger partial charge on any atom is -0.333 e. The molecule has 0 atom stereocenters. The highest BCUT2D eigenvalue weighted by Crippen LogP contribution is 2.39. The van der Waals surface area contributed by atoms with Crippen LogP contribution in [0, 0.1) is 0 Å². The monoisotopic (exact) mass is 452 g/mol. The second-order valence-electron chi connectivity index (χ2n) is 8.76. The number of nitrogens with zero attached hydrogens (tertiary/aromatic N) is 6. The Kier molecular flexibility index (Phi) is 5.31. The fraction of sp³-hybridized carbons (Fsp3) is 0.522. The molecule has 3 heterocycles. The van der Waals surface area contributed by atoms with Crippen LogP contribution in [0.3, 0.4) is 0 Å². The number of amides is 1. The van der Waals surface area contributed by atoms with Gasteiger partial charge in [0, 0.05) is 31.1 Å². The van der Waals surface area contributed by atoms with Gasteiger partial charge in [-0.2, -0.15) is 0 Å². The van der Waals surface area contributed by atoms with Gasteiger partial charge >= 0.3 is 0 Å². The van der Waals surface area contributed by atoms with E-state index >= 15 is 0 Å². The Morgan fingerprint density at radius 2 is 1.94 bits per heavy atom. The summed E-state index contributed by atoms with van der Waals surface area (Å²) in [4.78, 5) is 41.5. The summed E-state index contributed by atoms with van der Waals surface area (Å²) in [5.41, 5.74) is 3.01. The second kappa shape index (κ2) is 8.03. The van der Waals surface area contributed by atoms with Gasteiger partial charge in [-0.05, 0) is 51.9 Å². The number of hydrogen-bond acceptors (Lipinski definition) is 6. The molecule has 2 saturated carbocycles. The Bertz CT molecular complexity index is 1250. The summed E-state index contributed by atoms with van der Waals surface area (Å²) in [5.74, 6) is 0.657. The molecule has 5 rings (SSSR count). The molecule has 0 aromatic carbocycles. The number of hydrogen-bond donors (Lipinski definition) is 0. The highest BCUT2D eigenvalue weighted by atomic mass is 32.2. The Hall–Kier alpha value is -2.68. The van der Waals surface area contributed by atoms with Gasteiger partial charge < -0.3 is 14.0 Å². The van der Waals surface area contributed by atoms with Crippen LogP contribution in [0.25, 0.3) is 22.1 Å². The van der Waals surface area contributed by atoms with E-state index in [0.717, 1.165) is 42.2 Å². The highest BCUT2D eigenvalue weighted by Gasteiger charge is 2.43. The summed E-state index contributed by atoms with van der Waals surface area (Å²) in [7, 11) is 1.94. The van der Waals surface area contributed by atoms with Crippen molar-refractivity contribution in [3.63, 3.8) is 0 Å². The third-order valence-electron chi connectivity index (χ3n) is 6.20. The molecule has 0 bridgehead atoms. The zero-order valence-corrected chi connectivity index (χ0v) is 19.8. The van der Waals surface area contributed by atoms with Crippen molar-refractivity contribution in [2.24, 2.45) is 12.0 Å². The van der Waals surface area contributed by atoms with E-state index in [9.17, 15) is 9.59 Å². The summed E-state index contributed by atoms with van der Waals surface area (Å²) < 4.78 is 3.96. The van der Waals surface area contributed by atoms with Crippen molar-refractivity contribution >= 4 is 56.4 Å². The van der Waals surface area contributed by atoms with Gasteiger partial charge in [0.25, 0.3) is 5.91 Å². The van der Waals surface area contributed by atoms with Crippen molar-refractivity contribution < 1.29 is 9.59 Å². The summed E-state index contributed by atoms with van der Waals surface area (Å²) >= 11 is 1.45. The fourth-order valence-electron chi connectivity index (χ4n) is 4.43. The first-order chi connectivity index (χ1) is 15.4. The molecule has 0 N–H and O–H groups in total. The number of Topliss-reactive ketones (excluding diaryl/α,β-unsaturated/α-hetero) is 1. The first-order valence-electron chi connectivity index (χ1n) is 11.2. The molecule has 32 heavy (non-hydrogen) atoms. The number of fused-ring (bicyclic) bond motifs is 3. The molecule has 0 radical (unpaired) electrons. The van der Waals surface area contributed by atoms with Crippen LogP contribution in [0.2, 0.25) is 0 Å². The lowest BCUT2D eigenvalue weighted by Gasteiger charge is -2.22. The molecule has 0 unspecified atom stereocenters. The number of rotatable bonds is 7. The van der Waals surface area contributed by atoms with E-state index < -0.39 is 0 Å². The van der Waals surface area contributed by atoms with Gasteiger partial charge in [-0.1, -0.05) is 0 Å². The number of thioether (sulfide) groups is 1. The maximum Gasteiger partial charge on any atom is 0.271 e. The lowest BCUT2D eigenvalue weighted by atomic mass is 10.2. The van der Waals surface area contributed by atoms with E-state index in [1.807, 2.05) is 35.4 Å². The quantitative estimate of drug-likeness (QED) is 0.398. The third-order valence-corrected chi connectivity index (χ3v) is 6.91. The van der Waals surface area contributed by atoms with Gasteiger partial charge in [-0.3, -0.25) is 9.59 Å². The first-order valence-corrected chi connectivity index (χ1v) is 12.4. The molecule has 0 spiro atoms. The molecule has 2 fully saturated rings. The maximum atomic E-state index is 13.6. The number of aryl methyl sites for hydroxylation is 2. The standard InChI is InChI=1S/C23H28N6O2S/c1-5-28-17(23(31)29(14-6-7-14)15-8-9-15)11-16-20-19(24-12-27(20)3)21(26-22(16)28)25-18(32-4)10-13(2)30/h11-12,14-15H,5-10H2,1-4H3. The van der Waals surface area contributed by atoms with Crippen LogP contribution in [-0.4, -0.2) is 59.1 Å². The molecule has 9 heteroatoms. The summed E-state index contributed by atoms with van der Waals surface area (Å²) in [6.07, 6.45) is 8.34. The van der Waals surface area contributed by atoms with E-state index in [1.165, 1.54) is 11.8 Å². The molecule has 2 aliphatic rings. The number of ketones is 1. The van der Waals surface area contributed by atoms with Crippen LogP contribution in [0.5, 0.6) is 0 Å². The predicted octanol–water partition coefficient (Wildman–Crippen LogP) is 4.08. The van der Waals surface area contributed by atoms with Crippen molar-refractivity contribution in [3.8, 4) is 0 Å². The number of pyridine rings is 1.